The van der Waals surface area contributed by atoms with E-state index in [1.165, 1.54) is 33.3 Å². The molecule has 3 heteroatoms. The second kappa shape index (κ2) is 6.25. The highest BCUT2D eigenvalue weighted by Gasteiger charge is 2.22. The van der Waals surface area contributed by atoms with Gasteiger partial charge in [-0.05, 0) is 48.4 Å². The van der Waals surface area contributed by atoms with Crippen molar-refractivity contribution in [2.24, 2.45) is 0 Å². The van der Waals surface area contributed by atoms with Crippen molar-refractivity contribution in [1.82, 2.24) is 14.5 Å². The molecule has 0 spiro atoms. The van der Waals surface area contributed by atoms with Gasteiger partial charge in [0.05, 0.1) is 5.52 Å². The molecule has 0 amide bonds. The topological polar surface area (TPSA) is 21.1 Å². The van der Waals surface area contributed by atoms with E-state index in [1.54, 1.807) is 0 Å². The molecular formula is C21H23N3. The lowest BCUT2D eigenvalue weighted by atomic mass is 10.0. The van der Waals surface area contributed by atoms with Gasteiger partial charge in [-0.3, -0.25) is 9.88 Å². The van der Waals surface area contributed by atoms with Crippen LogP contribution in [0.15, 0.2) is 48.8 Å². The van der Waals surface area contributed by atoms with E-state index in [0.29, 0.717) is 0 Å². The van der Waals surface area contributed by atoms with Crippen molar-refractivity contribution in [1.29, 1.82) is 0 Å². The van der Waals surface area contributed by atoms with E-state index in [4.69, 9.17) is 0 Å². The number of hydrogen-bond donors (Lipinski definition) is 0. The van der Waals surface area contributed by atoms with Gasteiger partial charge in [-0.1, -0.05) is 25.1 Å². The Morgan fingerprint density at radius 3 is 2.75 bits per heavy atom. The third-order valence-corrected chi connectivity index (χ3v) is 5.08. The molecule has 0 atom stereocenters. The number of nitrogens with zero attached hydrogens (tertiary/aromatic N) is 3. The van der Waals surface area contributed by atoms with Crippen LogP contribution in [0, 0.1) is 0 Å². The molecule has 0 saturated carbocycles. The zero-order valence-electron chi connectivity index (χ0n) is 14.4. The van der Waals surface area contributed by atoms with Crippen LogP contribution < -0.4 is 0 Å². The molecule has 4 rings (SSSR count). The van der Waals surface area contributed by atoms with Gasteiger partial charge in [-0.15, -0.1) is 0 Å². The van der Waals surface area contributed by atoms with Crippen molar-refractivity contribution in [2.45, 2.75) is 26.8 Å². The van der Waals surface area contributed by atoms with Crippen molar-refractivity contribution in [3.63, 3.8) is 0 Å². The molecule has 3 aromatic rings. The summed E-state index contributed by atoms with van der Waals surface area (Å²) in [5, 5.41) is 1.39. The largest absolute Gasteiger partial charge is 0.320 e. The Hall–Kier alpha value is -2.39. The Bertz CT molecular complexity index is 890. The zero-order valence-corrected chi connectivity index (χ0v) is 14.4. The predicted molar refractivity (Wildman–Crippen MR) is 101 cm³/mol. The summed E-state index contributed by atoms with van der Waals surface area (Å²) in [7, 11) is 0. The Labute approximate surface area is 143 Å². The number of likely N-dealkylation sites (N-methyl/N-ethyl adjacent to an activating group) is 1. The van der Waals surface area contributed by atoms with Gasteiger partial charge in [0.2, 0.25) is 0 Å². The van der Waals surface area contributed by atoms with E-state index in [1.807, 2.05) is 12.4 Å². The molecule has 0 bridgehead atoms. The Balaban J connectivity index is 1.87. The molecule has 0 aliphatic carbocycles. The first kappa shape index (κ1) is 15.2. The van der Waals surface area contributed by atoms with Crippen LogP contribution in [0.4, 0.5) is 0 Å². The van der Waals surface area contributed by atoms with E-state index in [-0.39, 0.29) is 0 Å². The van der Waals surface area contributed by atoms with Crippen LogP contribution in [0.1, 0.15) is 30.7 Å². The second-order valence-electron chi connectivity index (χ2n) is 6.48. The van der Waals surface area contributed by atoms with Crippen LogP contribution in [-0.2, 0) is 13.0 Å². The molecule has 0 saturated heterocycles. The lowest BCUT2D eigenvalue weighted by Crippen LogP contribution is -2.30. The average Bonchev–Trinajstić information content (AvgIpc) is 2.96. The highest BCUT2D eigenvalue weighted by atomic mass is 15.1. The molecule has 0 radical (unpaired) electrons. The summed E-state index contributed by atoms with van der Waals surface area (Å²) in [6.45, 7) is 7.74. The van der Waals surface area contributed by atoms with Crippen LogP contribution in [-0.4, -0.2) is 27.5 Å². The number of para-hydroxylation sites is 1. The summed E-state index contributed by atoms with van der Waals surface area (Å²) in [6, 6.07) is 12.9. The molecule has 0 N–H and O–H groups in total. The summed E-state index contributed by atoms with van der Waals surface area (Å²) >= 11 is 0. The number of benzene rings is 1. The average molecular weight is 317 g/mol. The lowest BCUT2D eigenvalue weighted by Gasteiger charge is -2.26. The van der Waals surface area contributed by atoms with Crippen molar-refractivity contribution in [3.8, 4) is 0 Å². The van der Waals surface area contributed by atoms with Gasteiger partial charge in [0, 0.05) is 49.2 Å². The number of pyridine rings is 1. The van der Waals surface area contributed by atoms with Gasteiger partial charge < -0.3 is 4.57 Å². The van der Waals surface area contributed by atoms with Gasteiger partial charge in [0.25, 0.3) is 0 Å². The van der Waals surface area contributed by atoms with Crippen LogP contribution in [0.5, 0.6) is 0 Å². The molecule has 3 nitrogen and oxygen atoms in total. The normalized spacial score (nSPS) is 15.7. The SMILES string of the molecule is CCN1CCc2c(c3ccccc3n2C=C(C)c2ccncc2)C1. The third kappa shape index (κ3) is 2.55. The molecule has 2 aromatic heterocycles. The molecule has 1 aliphatic heterocycles. The maximum Gasteiger partial charge on any atom is 0.0528 e. The highest BCUT2D eigenvalue weighted by Crippen LogP contribution is 2.32. The number of aromatic nitrogens is 2. The van der Waals surface area contributed by atoms with Crippen molar-refractivity contribution in [2.75, 3.05) is 13.1 Å². The summed E-state index contributed by atoms with van der Waals surface area (Å²) in [5.41, 5.74) is 6.77. The molecule has 1 aromatic carbocycles. The summed E-state index contributed by atoms with van der Waals surface area (Å²) in [4.78, 5) is 6.65. The first-order valence-electron chi connectivity index (χ1n) is 8.69. The fourth-order valence-corrected chi connectivity index (χ4v) is 3.70. The molecule has 24 heavy (non-hydrogen) atoms. The minimum absolute atomic E-state index is 1.06. The Morgan fingerprint density at radius 1 is 1.17 bits per heavy atom. The molecule has 122 valence electrons. The Kier molecular flexibility index (Phi) is 3.95. The van der Waals surface area contributed by atoms with Gasteiger partial charge in [0.1, 0.15) is 0 Å². The minimum atomic E-state index is 1.06. The van der Waals surface area contributed by atoms with E-state index < -0.39 is 0 Å². The third-order valence-electron chi connectivity index (χ3n) is 5.08. The molecule has 3 heterocycles. The van der Waals surface area contributed by atoms with Crippen LogP contribution in [0.25, 0.3) is 22.7 Å². The standard InChI is InChI=1S/C21H23N3/c1-3-23-13-10-21-19(15-23)18-6-4-5-7-20(18)24(21)14-16(2)17-8-11-22-12-9-17/h4-9,11-12,14H,3,10,13,15H2,1-2H3. The first-order valence-corrected chi connectivity index (χ1v) is 8.69. The maximum absolute atomic E-state index is 4.12. The molecule has 0 fully saturated rings. The van der Waals surface area contributed by atoms with Gasteiger partial charge in [0.15, 0.2) is 0 Å². The predicted octanol–water partition coefficient (Wildman–Crippen LogP) is 4.43. The number of rotatable bonds is 3. The van der Waals surface area contributed by atoms with Gasteiger partial charge in [-0.25, -0.2) is 0 Å². The summed E-state index contributed by atoms with van der Waals surface area (Å²) in [6.07, 6.45) is 7.11. The van der Waals surface area contributed by atoms with E-state index in [2.05, 4.69) is 70.9 Å². The zero-order chi connectivity index (χ0) is 16.5. The fraction of sp³-hybridized carbons (Fsp3) is 0.286. The molecule has 0 unspecified atom stereocenters. The van der Waals surface area contributed by atoms with Crippen LogP contribution >= 0.6 is 0 Å². The van der Waals surface area contributed by atoms with Gasteiger partial charge >= 0.3 is 0 Å². The maximum atomic E-state index is 4.12. The number of fused-ring (bicyclic) bond motifs is 3. The summed E-state index contributed by atoms with van der Waals surface area (Å²) < 4.78 is 2.41. The highest BCUT2D eigenvalue weighted by molar-refractivity contribution is 5.89. The molecular weight excluding hydrogens is 294 g/mol. The first-order chi connectivity index (χ1) is 11.8. The van der Waals surface area contributed by atoms with E-state index in [0.717, 1.165) is 26.1 Å². The Morgan fingerprint density at radius 2 is 1.96 bits per heavy atom. The number of allylic oxidation sites excluding steroid dienone is 1. The number of hydrogen-bond acceptors (Lipinski definition) is 2. The van der Waals surface area contributed by atoms with E-state index in [9.17, 15) is 0 Å². The van der Waals surface area contributed by atoms with Crippen LogP contribution in [0.2, 0.25) is 0 Å². The fourth-order valence-electron chi connectivity index (χ4n) is 3.70. The smallest absolute Gasteiger partial charge is 0.0528 e. The monoisotopic (exact) mass is 317 g/mol. The van der Waals surface area contributed by atoms with Crippen molar-refractivity contribution >= 4 is 22.7 Å². The quantitative estimate of drug-likeness (QED) is 0.712. The van der Waals surface area contributed by atoms with Crippen LogP contribution in [0.3, 0.4) is 0 Å². The van der Waals surface area contributed by atoms with Crippen molar-refractivity contribution < 1.29 is 0 Å². The van der Waals surface area contributed by atoms with Gasteiger partial charge in [-0.2, -0.15) is 0 Å². The minimum Gasteiger partial charge on any atom is -0.320 e. The van der Waals surface area contributed by atoms with E-state index >= 15 is 0 Å². The summed E-state index contributed by atoms with van der Waals surface area (Å²) in [5.74, 6) is 0. The lowest BCUT2D eigenvalue weighted by molar-refractivity contribution is 0.267. The molecule has 1 aliphatic rings. The van der Waals surface area contributed by atoms with Crippen molar-refractivity contribution in [3.05, 3.63) is 65.6 Å². The second-order valence-corrected chi connectivity index (χ2v) is 6.48.